The third-order valence-electron chi connectivity index (χ3n) is 2.32. The highest BCUT2D eigenvalue weighted by molar-refractivity contribution is 7.11. The van der Waals surface area contributed by atoms with Gasteiger partial charge in [0.25, 0.3) is 0 Å². The Labute approximate surface area is 105 Å². The van der Waals surface area contributed by atoms with Crippen LogP contribution in [-0.4, -0.2) is 4.98 Å². The van der Waals surface area contributed by atoms with Gasteiger partial charge in [-0.2, -0.15) is 5.26 Å². The van der Waals surface area contributed by atoms with E-state index in [-0.39, 0.29) is 0 Å². The van der Waals surface area contributed by atoms with E-state index in [1.807, 2.05) is 43.5 Å². The molecule has 0 saturated carbocycles. The standard InChI is InChI=1S/C14H12N2S/c1-10-4-3-5-12(6-10)7-13(8-15)14-16-11(2)9-17-14/h3-7,9H,1-2H3/b13-7+. The van der Waals surface area contributed by atoms with Crippen LogP contribution in [0.25, 0.3) is 11.6 Å². The monoisotopic (exact) mass is 240 g/mol. The molecule has 0 aliphatic carbocycles. The molecule has 2 rings (SSSR count). The first kappa shape index (κ1) is 11.6. The molecule has 1 heterocycles. The van der Waals surface area contributed by atoms with Crippen molar-refractivity contribution in [2.24, 2.45) is 0 Å². The van der Waals surface area contributed by atoms with Gasteiger partial charge in [-0.15, -0.1) is 11.3 Å². The molecule has 0 spiro atoms. The van der Waals surface area contributed by atoms with Crippen LogP contribution in [0.2, 0.25) is 0 Å². The summed E-state index contributed by atoms with van der Waals surface area (Å²) < 4.78 is 0. The van der Waals surface area contributed by atoms with Gasteiger partial charge in [-0.1, -0.05) is 29.8 Å². The van der Waals surface area contributed by atoms with E-state index in [1.165, 1.54) is 16.9 Å². The number of aromatic nitrogens is 1. The highest BCUT2D eigenvalue weighted by atomic mass is 32.1. The second-order valence-corrected chi connectivity index (χ2v) is 4.74. The number of benzene rings is 1. The van der Waals surface area contributed by atoms with Crippen LogP contribution in [0.4, 0.5) is 0 Å². The van der Waals surface area contributed by atoms with Gasteiger partial charge in [-0.3, -0.25) is 0 Å². The van der Waals surface area contributed by atoms with E-state index in [0.717, 1.165) is 16.3 Å². The maximum Gasteiger partial charge on any atom is 0.134 e. The fourth-order valence-corrected chi connectivity index (χ4v) is 2.31. The van der Waals surface area contributed by atoms with Crippen molar-refractivity contribution >= 4 is 23.0 Å². The molecule has 3 heteroatoms. The maximum absolute atomic E-state index is 9.17. The van der Waals surface area contributed by atoms with Gasteiger partial charge in [0, 0.05) is 11.1 Å². The van der Waals surface area contributed by atoms with Crippen molar-refractivity contribution in [1.29, 1.82) is 5.26 Å². The molecule has 2 aromatic rings. The maximum atomic E-state index is 9.17. The zero-order chi connectivity index (χ0) is 12.3. The van der Waals surface area contributed by atoms with E-state index in [9.17, 15) is 0 Å². The Morgan fingerprint density at radius 2 is 2.24 bits per heavy atom. The van der Waals surface area contributed by atoms with Crippen LogP contribution in [0.3, 0.4) is 0 Å². The van der Waals surface area contributed by atoms with Crippen molar-refractivity contribution in [2.75, 3.05) is 0 Å². The summed E-state index contributed by atoms with van der Waals surface area (Å²) in [4.78, 5) is 4.33. The molecule has 0 radical (unpaired) electrons. The van der Waals surface area contributed by atoms with Crippen molar-refractivity contribution in [3.05, 3.63) is 51.5 Å². The Morgan fingerprint density at radius 3 is 2.82 bits per heavy atom. The highest BCUT2D eigenvalue weighted by Gasteiger charge is 2.05. The second kappa shape index (κ2) is 4.94. The molecule has 0 saturated heterocycles. The van der Waals surface area contributed by atoms with E-state index in [0.29, 0.717) is 5.57 Å². The second-order valence-electron chi connectivity index (χ2n) is 3.88. The van der Waals surface area contributed by atoms with Crippen LogP contribution in [0.5, 0.6) is 0 Å². The Bertz CT molecular complexity index is 603. The molecule has 1 aromatic carbocycles. The van der Waals surface area contributed by atoms with Gasteiger partial charge in [0.05, 0.1) is 5.57 Å². The lowest BCUT2D eigenvalue weighted by Gasteiger charge is -1.97. The summed E-state index contributed by atoms with van der Waals surface area (Å²) in [7, 11) is 0. The number of rotatable bonds is 2. The molecular weight excluding hydrogens is 228 g/mol. The third-order valence-corrected chi connectivity index (χ3v) is 3.32. The predicted octanol–water partition coefficient (Wildman–Crippen LogP) is 3.82. The molecular formula is C14H12N2S. The van der Waals surface area contributed by atoms with Crippen LogP contribution in [-0.2, 0) is 0 Å². The minimum absolute atomic E-state index is 0.619. The Morgan fingerprint density at radius 1 is 1.41 bits per heavy atom. The van der Waals surface area contributed by atoms with Gasteiger partial charge in [-0.05, 0) is 25.5 Å². The lowest BCUT2D eigenvalue weighted by molar-refractivity contribution is 1.25. The fraction of sp³-hybridized carbons (Fsp3) is 0.143. The van der Waals surface area contributed by atoms with Gasteiger partial charge >= 0.3 is 0 Å². The molecule has 0 amide bonds. The first-order valence-corrected chi connectivity index (χ1v) is 6.18. The summed E-state index contributed by atoms with van der Waals surface area (Å²) in [6, 6.07) is 10.3. The van der Waals surface area contributed by atoms with Gasteiger partial charge < -0.3 is 0 Å². The van der Waals surface area contributed by atoms with E-state index >= 15 is 0 Å². The summed E-state index contributed by atoms with van der Waals surface area (Å²) in [6.45, 7) is 3.97. The molecule has 2 nitrogen and oxygen atoms in total. The molecule has 1 aromatic heterocycles. The minimum Gasteiger partial charge on any atom is -0.241 e. The summed E-state index contributed by atoms with van der Waals surface area (Å²) in [5.41, 5.74) is 3.80. The zero-order valence-corrected chi connectivity index (χ0v) is 10.6. The quantitative estimate of drug-likeness (QED) is 0.748. The van der Waals surface area contributed by atoms with Crippen molar-refractivity contribution in [3.63, 3.8) is 0 Å². The van der Waals surface area contributed by atoms with E-state index in [1.54, 1.807) is 0 Å². The van der Waals surface area contributed by atoms with Crippen molar-refractivity contribution in [3.8, 4) is 6.07 Å². The van der Waals surface area contributed by atoms with Crippen LogP contribution in [0.1, 0.15) is 21.8 Å². The largest absolute Gasteiger partial charge is 0.241 e. The Balaban J connectivity index is 2.40. The zero-order valence-electron chi connectivity index (χ0n) is 9.77. The Kier molecular flexibility index (Phi) is 3.36. The van der Waals surface area contributed by atoms with Gasteiger partial charge in [0.1, 0.15) is 11.1 Å². The minimum atomic E-state index is 0.619. The normalized spacial score (nSPS) is 11.2. The number of nitriles is 1. The summed E-state index contributed by atoms with van der Waals surface area (Å²) >= 11 is 1.50. The van der Waals surface area contributed by atoms with E-state index < -0.39 is 0 Å². The van der Waals surface area contributed by atoms with Gasteiger partial charge in [-0.25, -0.2) is 4.98 Å². The molecule has 0 aliphatic rings. The van der Waals surface area contributed by atoms with Crippen molar-refractivity contribution in [1.82, 2.24) is 4.98 Å². The summed E-state index contributed by atoms with van der Waals surface area (Å²) in [5, 5.41) is 11.9. The summed E-state index contributed by atoms with van der Waals surface area (Å²) in [6.07, 6.45) is 1.88. The highest BCUT2D eigenvalue weighted by Crippen LogP contribution is 2.21. The van der Waals surface area contributed by atoms with Crippen LogP contribution < -0.4 is 0 Å². The fourth-order valence-electron chi connectivity index (χ4n) is 1.55. The Hall–Kier alpha value is -1.92. The molecule has 84 valence electrons. The van der Waals surface area contributed by atoms with Crippen molar-refractivity contribution < 1.29 is 0 Å². The lowest BCUT2D eigenvalue weighted by atomic mass is 10.1. The van der Waals surface area contributed by atoms with Gasteiger partial charge in [0.15, 0.2) is 0 Å². The van der Waals surface area contributed by atoms with Gasteiger partial charge in [0.2, 0.25) is 0 Å². The molecule has 0 aliphatic heterocycles. The van der Waals surface area contributed by atoms with Crippen molar-refractivity contribution in [2.45, 2.75) is 13.8 Å². The number of hydrogen-bond acceptors (Lipinski definition) is 3. The van der Waals surface area contributed by atoms with Crippen LogP contribution in [0, 0.1) is 25.2 Å². The first-order valence-electron chi connectivity index (χ1n) is 5.30. The molecule has 0 unspecified atom stereocenters. The molecule has 0 bridgehead atoms. The number of aryl methyl sites for hydroxylation is 2. The summed E-state index contributed by atoms with van der Waals surface area (Å²) in [5.74, 6) is 0. The first-order chi connectivity index (χ1) is 8.19. The molecule has 0 N–H and O–H groups in total. The number of hydrogen-bond donors (Lipinski definition) is 0. The lowest BCUT2D eigenvalue weighted by Crippen LogP contribution is -1.82. The average Bonchev–Trinajstić information content (AvgIpc) is 2.73. The van der Waals surface area contributed by atoms with Crippen LogP contribution in [0.15, 0.2) is 29.6 Å². The smallest absolute Gasteiger partial charge is 0.134 e. The number of allylic oxidation sites excluding steroid dienone is 1. The molecule has 0 fully saturated rings. The molecule has 0 atom stereocenters. The van der Waals surface area contributed by atoms with E-state index in [4.69, 9.17) is 5.26 Å². The topological polar surface area (TPSA) is 36.7 Å². The van der Waals surface area contributed by atoms with Crippen LogP contribution >= 0.6 is 11.3 Å². The SMILES string of the molecule is Cc1cccc(/C=C(\C#N)c2nc(C)cs2)c1. The predicted molar refractivity (Wildman–Crippen MR) is 71.5 cm³/mol. The number of thiazole rings is 1. The average molecular weight is 240 g/mol. The molecule has 17 heavy (non-hydrogen) atoms. The number of nitrogens with zero attached hydrogens (tertiary/aromatic N) is 2. The van der Waals surface area contributed by atoms with E-state index in [2.05, 4.69) is 17.1 Å². The third kappa shape index (κ3) is 2.80.